The van der Waals surface area contributed by atoms with Crippen molar-refractivity contribution in [2.75, 3.05) is 4.72 Å². The van der Waals surface area contributed by atoms with Crippen LogP contribution < -0.4 is 4.72 Å². The van der Waals surface area contributed by atoms with Gasteiger partial charge in [0.15, 0.2) is 5.82 Å². The Morgan fingerprint density at radius 2 is 1.89 bits per heavy atom. The van der Waals surface area contributed by atoms with Gasteiger partial charge in [-0.1, -0.05) is 12.1 Å². The van der Waals surface area contributed by atoms with Crippen LogP contribution in [-0.2, 0) is 10.0 Å². The first-order valence-electron chi connectivity index (χ1n) is 5.50. The second kappa shape index (κ2) is 4.45. The van der Waals surface area contributed by atoms with Crippen molar-refractivity contribution in [3.63, 3.8) is 0 Å². The Hall–Kier alpha value is -1.82. The van der Waals surface area contributed by atoms with E-state index in [1.807, 2.05) is 19.9 Å². The van der Waals surface area contributed by atoms with E-state index < -0.39 is 10.0 Å². The van der Waals surface area contributed by atoms with E-state index >= 15 is 0 Å². The molecule has 0 radical (unpaired) electrons. The second-order valence-electron chi connectivity index (χ2n) is 4.31. The summed E-state index contributed by atoms with van der Waals surface area (Å²) < 4.78 is 26.9. The van der Waals surface area contributed by atoms with Crippen LogP contribution in [0.1, 0.15) is 16.8 Å². The van der Waals surface area contributed by atoms with Crippen LogP contribution in [0, 0.1) is 20.8 Å². The lowest BCUT2D eigenvalue weighted by Gasteiger charge is -2.09. The summed E-state index contributed by atoms with van der Waals surface area (Å²) in [5.41, 5.74) is 2.41. The molecule has 0 aliphatic heterocycles. The minimum atomic E-state index is -3.59. The van der Waals surface area contributed by atoms with Crippen LogP contribution in [-0.4, -0.2) is 18.6 Å². The van der Waals surface area contributed by atoms with Gasteiger partial charge in [0, 0.05) is 11.8 Å². The average molecular weight is 265 g/mol. The highest BCUT2D eigenvalue weighted by molar-refractivity contribution is 7.92. The summed E-state index contributed by atoms with van der Waals surface area (Å²) in [6, 6.07) is 6.96. The minimum absolute atomic E-state index is 0.281. The standard InChI is InChI=1S/C12H15N3O2S/c1-8-4-5-9(2)11(6-8)18(16,17)15-12-7-10(3)13-14-12/h4-7H,1-3H3,(H2,13,14,15). The summed E-state index contributed by atoms with van der Waals surface area (Å²) in [5.74, 6) is 0.299. The Bertz CT molecular complexity index is 674. The molecule has 0 amide bonds. The van der Waals surface area contributed by atoms with Gasteiger partial charge >= 0.3 is 0 Å². The number of hydrogen-bond donors (Lipinski definition) is 2. The molecule has 0 bridgehead atoms. The average Bonchev–Trinajstić information content (AvgIpc) is 2.66. The molecule has 0 aliphatic carbocycles. The summed E-state index contributed by atoms with van der Waals surface area (Å²) in [4.78, 5) is 0.281. The lowest BCUT2D eigenvalue weighted by Crippen LogP contribution is -2.14. The maximum atomic E-state index is 12.2. The third kappa shape index (κ3) is 2.53. The van der Waals surface area contributed by atoms with Gasteiger partial charge in [-0.3, -0.25) is 9.82 Å². The molecule has 2 aromatic rings. The van der Waals surface area contributed by atoms with Crippen LogP contribution in [0.5, 0.6) is 0 Å². The number of sulfonamides is 1. The van der Waals surface area contributed by atoms with Crippen molar-refractivity contribution < 1.29 is 8.42 Å². The molecule has 1 heterocycles. The lowest BCUT2D eigenvalue weighted by molar-refractivity contribution is 0.600. The molecule has 2 N–H and O–H groups in total. The Morgan fingerprint density at radius 1 is 1.17 bits per heavy atom. The first kappa shape index (κ1) is 12.6. The van der Waals surface area contributed by atoms with Crippen LogP contribution in [0.25, 0.3) is 0 Å². The molecule has 96 valence electrons. The SMILES string of the molecule is Cc1ccc(C)c(S(=O)(=O)Nc2cc(C)[nH]n2)c1. The molecule has 6 heteroatoms. The number of hydrogen-bond acceptors (Lipinski definition) is 3. The number of aryl methyl sites for hydroxylation is 3. The highest BCUT2D eigenvalue weighted by Crippen LogP contribution is 2.19. The monoisotopic (exact) mass is 265 g/mol. The van der Waals surface area contributed by atoms with E-state index in [9.17, 15) is 8.42 Å². The summed E-state index contributed by atoms with van der Waals surface area (Å²) in [5, 5.41) is 6.56. The largest absolute Gasteiger partial charge is 0.281 e. The van der Waals surface area contributed by atoms with Gasteiger partial charge in [0.05, 0.1) is 4.90 Å². The third-order valence-electron chi connectivity index (χ3n) is 2.58. The Morgan fingerprint density at radius 3 is 2.50 bits per heavy atom. The molecule has 0 aliphatic rings. The molecule has 1 aromatic heterocycles. The first-order chi connectivity index (χ1) is 8.38. The van der Waals surface area contributed by atoms with E-state index in [1.165, 1.54) is 0 Å². The van der Waals surface area contributed by atoms with E-state index in [-0.39, 0.29) is 4.90 Å². The minimum Gasteiger partial charge on any atom is -0.281 e. The van der Waals surface area contributed by atoms with Gasteiger partial charge in [-0.05, 0) is 38.0 Å². The van der Waals surface area contributed by atoms with E-state index in [0.29, 0.717) is 11.4 Å². The van der Waals surface area contributed by atoms with Crippen LogP contribution in [0.2, 0.25) is 0 Å². The molecule has 5 nitrogen and oxygen atoms in total. The molecule has 2 rings (SSSR count). The third-order valence-corrected chi connectivity index (χ3v) is 4.07. The summed E-state index contributed by atoms with van der Waals surface area (Å²) in [7, 11) is -3.59. The van der Waals surface area contributed by atoms with Crippen molar-refractivity contribution in [3.8, 4) is 0 Å². The lowest BCUT2D eigenvalue weighted by atomic mass is 10.2. The zero-order valence-corrected chi connectivity index (χ0v) is 11.3. The van der Waals surface area contributed by atoms with Crippen molar-refractivity contribution in [1.82, 2.24) is 10.2 Å². The van der Waals surface area contributed by atoms with Crippen molar-refractivity contribution >= 4 is 15.8 Å². The highest BCUT2D eigenvalue weighted by Gasteiger charge is 2.18. The van der Waals surface area contributed by atoms with Gasteiger partial charge in [-0.2, -0.15) is 5.10 Å². The van der Waals surface area contributed by atoms with Crippen LogP contribution >= 0.6 is 0 Å². The zero-order valence-electron chi connectivity index (χ0n) is 10.5. The van der Waals surface area contributed by atoms with Gasteiger partial charge in [-0.15, -0.1) is 0 Å². The predicted octanol–water partition coefficient (Wildman–Crippen LogP) is 2.14. The molecule has 0 fully saturated rings. The Labute approximate surface area is 106 Å². The Kier molecular flexibility index (Phi) is 3.13. The van der Waals surface area contributed by atoms with Gasteiger partial charge in [0.1, 0.15) is 0 Å². The number of H-pyrrole nitrogens is 1. The molecular formula is C12H15N3O2S. The molecule has 0 unspecified atom stereocenters. The summed E-state index contributed by atoms with van der Waals surface area (Å²) in [6.45, 7) is 5.43. The fourth-order valence-electron chi connectivity index (χ4n) is 1.66. The van der Waals surface area contributed by atoms with Crippen LogP contribution in [0.3, 0.4) is 0 Å². The van der Waals surface area contributed by atoms with Gasteiger partial charge in [-0.25, -0.2) is 8.42 Å². The molecule has 0 atom stereocenters. The maximum absolute atomic E-state index is 12.2. The maximum Gasteiger partial charge on any atom is 0.263 e. The van der Waals surface area contributed by atoms with Crippen LogP contribution in [0.15, 0.2) is 29.2 Å². The van der Waals surface area contributed by atoms with Crippen molar-refractivity contribution in [2.45, 2.75) is 25.7 Å². The molecular weight excluding hydrogens is 250 g/mol. The van der Waals surface area contributed by atoms with Gasteiger partial charge in [0.2, 0.25) is 0 Å². The molecule has 18 heavy (non-hydrogen) atoms. The second-order valence-corrected chi connectivity index (χ2v) is 5.96. The number of rotatable bonds is 3. The summed E-state index contributed by atoms with van der Waals surface area (Å²) in [6.07, 6.45) is 0. The van der Waals surface area contributed by atoms with Crippen molar-refractivity contribution in [3.05, 3.63) is 41.1 Å². The molecule has 0 saturated heterocycles. The fraction of sp³-hybridized carbons (Fsp3) is 0.250. The number of anilines is 1. The van der Waals surface area contributed by atoms with Crippen molar-refractivity contribution in [1.29, 1.82) is 0 Å². The van der Waals surface area contributed by atoms with Gasteiger partial charge < -0.3 is 0 Å². The smallest absolute Gasteiger partial charge is 0.263 e. The normalized spacial score (nSPS) is 11.5. The quantitative estimate of drug-likeness (QED) is 0.892. The van der Waals surface area contributed by atoms with Crippen molar-refractivity contribution in [2.24, 2.45) is 0 Å². The molecule has 0 spiro atoms. The fourth-order valence-corrected chi connectivity index (χ4v) is 2.98. The van der Waals surface area contributed by atoms with Gasteiger partial charge in [0.25, 0.3) is 10.0 Å². The number of aromatic nitrogens is 2. The number of aromatic amines is 1. The highest BCUT2D eigenvalue weighted by atomic mass is 32.2. The number of nitrogens with zero attached hydrogens (tertiary/aromatic N) is 1. The zero-order chi connectivity index (χ0) is 13.3. The van der Waals surface area contributed by atoms with E-state index in [0.717, 1.165) is 11.3 Å². The molecule has 1 aromatic carbocycles. The topological polar surface area (TPSA) is 74.8 Å². The van der Waals surface area contributed by atoms with E-state index in [1.54, 1.807) is 25.1 Å². The van der Waals surface area contributed by atoms with Crippen LogP contribution in [0.4, 0.5) is 5.82 Å². The number of nitrogens with one attached hydrogen (secondary N) is 2. The molecule has 0 saturated carbocycles. The van der Waals surface area contributed by atoms with E-state index in [4.69, 9.17) is 0 Å². The van der Waals surface area contributed by atoms with E-state index in [2.05, 4.69) is 14.9 Å². The predicted molar refractivity (Wildman–Crippen MR) is 70.0 cm³/mol. The first-order valence-corrected chi connectivity index (χ1v) is 6.99. The summed E-state index contributed by atoms with van der Waals surface area (Å²) >= 11 is 0. The Balaban J connectivity index is 2.39. The number of benzene rings is 1.